The third kappa shape index (κ3) is 4.61. The maximum absolute atomic E-state index is 6.22. The molecule has 0 amide bonds. The number of hydrogen-bond donors (Lipinski definition) is 0. The van der Waals surface area contributed by atoms with Crippen molar-refractivity contribution in [3.63, 3.8) is 0 Å². The van der Waals surface area contributed by atoms with Crippen LogP contribution in [-0.4, -0.2) is 29.6 Å². The van der Waals surface area contributed by atoms with Crippen LogP contribution in [0.4, 0.5) is 0 Å². The fourth-order valence-electron chi connectivity index (χ4n) is 2.93. The van der Waals surface area contributed by atoms with E-state index in [0.29, 0.717) is 34.8 Å². The Morgan fingerprint density at radius 2 is 1.81 bits per heavy atom. The number of benzene rings is 2. The van der Waals surface area contributed by atoms with Crippen molar-refractivity contribution < 1.29 is 9.47 Å². The monoisotopic (exact) mass is 409 g/mol. The first kappa shape index (κ1) is 19.3. The van der Waals surface area contributed by atoms with Crippen LogP contribution in [0.2, 0.25) is 10.0 Å². The van der Waals surface area contributed by atoms with Crippen LogP contribution in [0.25, 0.3) is 0 Å². The number of thiocarbonyl (C=S) groups is 1. The summed E-state index contributed by atoms with van der Waals surface area (Å²) in [5, 5.41) is 1.19. The summed E-state index contributed by atoms with van der Waals surface area (Å²) >= 11 is 17.8. The zero-order valence-corrected chi connectivity index (χ0v) is 17.0. The molecule has 1 aliphatic rings. The third-order valence-corrected chi connectivity index (χ3v) is 5.36. The molecule has 6 heteroatoms. The highest BCUT2D eigenvalue weighted by atomic mass is 35.5. The molecule has 0 N–H and O–H groups in total. The quantitative estimate of drug-likeness (QED) is 0.566. The van der Waals surface area contributed by atoms with Gasteiger partial charge in [0.05, 0.1) is 6.61 Å². The van der Waals surface area contributed by atoms with Crippen LogP contribution in [0.5, 0.6) is 11.5 Å². The molecule has 0 bridgehead atoms. The van der Waals surface area contributed by atoms with Crippen LogP contribution in [0.15, 0.2) is 36.4 Å². The van der Waals surface area contributed by atoms with Crippen molar-refractivity contribution >= 4 is 40.4 Å². The predicted octanol–water partition coefficient (Wildman–Crippen LogP) is 5.74. The molecule has 1 saturated heterocycles. The molecule has 1 aliphatic heterocycles. The summed E-state index contributed by atoms with van der Waals surface area (Å²) in [7, 11) is 0. The molecular weight excluding hydrogens is 389 g/mol. The molecule has 3 rings (SSSR count). The van der Waals surface area contributed by atoms with Gasteiger partial charge in [0.25, 0.3) is 0 Å². The van der Waals surface area contributed by atoms with Crippen molar-refractivity contribution in [3.8, 4) is 11.5 Å². The van der Waals surface area contributed by atoms with Crippen LogP contribution in [0.3, 0.4) is 0 Å². The lowest BCUT2D eigenvalue weighted by molar-refractivity contribution is 0.269. The van der Waals surface area contributed by atoms with E-state index in [1.807, 2.05) is 31.2 Å². The highest BCUT2D eigenvalue weighted by molar-refractivity contribution is 7.80. The van der Waals surface area contributed by atoms with Gasteiger partial charge >= 0.3 is 0 Å². The Morgan fingerprint density at radius 1 is 1.04 bits per heavy atom. The predicted molar refractivity (Wildman–Crippen MR) is 111 cm³/mol. The maximum atomic E-state index is 6.22. The number of likely N-dealkylation sites (tertiary alicyclic amines) is 1. The molecule has 2 aromatic rings. The largest absolute Gasteiger partial charge is 0.490 e. The zero-order chi connectivity index (χ0) is 18.5. The molecule has 3 nitrogen and oxygen atoms in total. The molecule has 1 fully saturated rings. The standard InChI is InChI=1S/C20H21Cl2NO2S/c1-2-24-19-11-14(20(26)23-9-3-4-10-23)6-8-18(19)25-13-15-5-7-16(21)12-17(15)22/h5-8,11-12H,2-4,9-10,13H2,1H3. The van der Waals surface area contributed by atoms with Gasteiger partial charge in [-0.3, -0.25) is 0 Å². The van der Waals surface area contributed by atoms with Gasteiger partial charge in [0.2, 0.25) is 0 Å². The van der Waals surface area contributed by atoms with Gasteiger partial charge in [-0.25, -0.2) is 0 Å². The molecule has 0 atom stereocenters. The average molecular weight is 410 g/mol. The van der Waals surface area contributed by atoms with E-state index in [2.05, 4.69) is 4.90 Å². The lowest BCUT2D eigenvalue weighted by Gasteiger charge is -2.20. The van der Waals surface area contributed by atoms with Crippen molar-refractivity contribution in [2.45, 2.75) is 26.4 Å². The Hall–Kier alpha value is -1.49. The first-order valence-electron chi connectivity index (χ1n) is 8.71. The molecular formula is C20H21Cl2NO2S. The first-order valence-corrected chi connectivity index (χ1v) is 9.87. The summed E-state index contributed by atoms with van der Waals surface area (Å²) in [5.74, 6) is 1.36. The van der Waals surface area contributed by atoms with Crippen molar-refractivity contribution in [1.29, 1.82) is 0 Å². The maximum Gasteiger partial charge on any atom is 0.161 e. The van der Waals surface area contributed by atoms with Crippen LogP contribution < -0.4 is 9.47 Å². The summed E-state index contributed by atoms with van der Waals surface area (Å²) in [6.45, 7) is 4.89. The molecule has 0 aliphatic carbocycles. The average Bonchev–Trinajstić information content (AvgIpc) is 3.16. The Labute approximate surface area is 169 Å². The Balaban J connectivity index is 1.76. The van der Waals surface area contributed by atoms with E-state index in [0.717, 1.165) is 29.2 Å². The SMILES string of the molecule is CCOc1cc(C(=S)N2CCCC2)ccc1OCc1ccc(Cl)cc1Cl. The van der Waals surface area contributed by atoms with Gasteiger partial charge < -0.3 is 14.4 Å². The molecule has 0 saturated carbocycles. The molecule has 0 radical (unpaired) electrons. The molecule has 26 heavy (non-hydrogen) atoms. The zero-order valence-electron chi connectivity index (χ0n) is 14.6. The number of hydrogen-bond acceptors (Lipinski definition) is 3. The summed E-state index contributed by atoms with van der Waals surface area (Å²) < 4.78 is 11.7. The second-order valence-electron chi connectivity index (χ2n) is 6.12. The minimum atomic E-state index is 0.339. The van der Waals surface area contributed by atoms with E-state index in [1.165, 1.54) is 12.8 Å². The van der Waals surface area contributed by atoms with Crippen molar-refractivity contribution in [3.05, 3.63) is 57.6 Å². The Bertz CT molecular complexity index is 791. The van der Waals surface area contributed by atoms with Crippen molar-refractivity contribution in [1.82, 2.24) is 4.90 Å². The van der Waals surface area contributed by atoms with Gasteiger partial charge in [-0.2, -0.15) is 0 Å². The molecule has 0 aromatic heterocycles. The summed E-state index contributed by atoms with van der Waals surface area (Å²) in [4.78, 5) is 3.12. The van der Waals surface area contributed by atoms with Crippen LogP contribution in [-0.2, 0) is 6.61 Å². The highest BCUT2D eigenvalue weighted by Gasteiger charge is 2.18. The van der Waals surface area contributed by atoms with E-state index >= 15 is 0 Å². The summed E-state index contributed by atoms with van der Waals surface area (Å²) in [6, 6.07) is 11.2. The smallest absolute Gasteiger partial charge is 0.161 e. The minimum Gasteiger partial charge on any atom is -0.490 e. The van der Waals surface area contributed by atoms with Gasteiger partial charge in [-0.05, 0) is 50.1 Å². The molecule has 2 aromatic carbocycles. The molecule has 1 heterocycles. The van der Waals surface area contributed by atoms with Crippen LogP contribution >= 0.6 is 35.4 Å². The normalized spacial score (nSPS) is 13.7. The van der Waals surface area contributed by atoms with Gasteiger partial charge in [0.1, 0.15) is 11.6 Å². The topological polar surface area (TPSA) is 21.7 Å². The fourth-order valence-corrected chi connectivity index (χ4v) is 3.70. The number of ether oxygens (including phenoxy) is 2. The lowest BCUT2D eigenvalue weighted by atomic mass is 10.2. The van der Waals surface area contributed by atoms with Gasteiger partial charge in [-0.15, -0.1) is 0 Å². The Kier molecular flexibility index (Phi) is 6.63. The van der Waals surface area contributed by atoms with Gasteiger partial charge in [0.15, 0.2) is 11.5 Å². The minimum absolute atomic E-state index is 0.339. The van der Waals surface area contributed by atoms with E-state index in [9.17, 15) is 0 Å². The lowest BCUT2D eigenvalue weighted by Crippen LogP contribution is -2.26. The summed E-state index contributed by atoms with van der Waals surface area (Å²) in [6.07, 6.45) is 2.39. The molecule has 138 valence electrons. The van der Waals surface area contributed by atoms with Crippen molar-refractivity contribution in [2.75, 3.05) is 19.7 Å². The van der Waals surface area contributed by atoms with E-state index < -0.39 is 0 Å². The van der Waals surface area contributed by atoms with Gasteiger partial charge in [-0.1, -0.05) is 41.5 Å². The number of halogens is 2. The number of rotatable bonds is 6. The second-order valence-corrected chi connectivity index (χ2v) is 7.35. The molecule has 0 spiro atoms. The first-order chi connectivity index (χ1) is 12.6. The van der Waals surface area contributed by atoms with Gasteiger partial charge in [0, 0.05) is 34.3 Å². The Morgan fingerprint density at radius 3 is 2.50 bits per heavy atom. The molecule has 0 unspecified atom stereocenters. The second kappa shape index (κ2) is 8.94. The highest BCUT2D eigenvalue weighted by Crippen LogP contribution is 2.31. The van der Waals surface area contributed by atoms with E-state index in [4.69, 9.17) is 44.9 Å². The number of nitrogens with zero attached hydrogens (tertiary/aromatic N) is 1. The van der Waals surface area contributed by atoms with Crippen molar-refractivity contribution in [2.24, 2.45) is 0 Å². The third-order valence-electron chi connectivity index (χ3n) is 4.28. The van der Waals surface area contributed by atoms with E-state index in [1.54, 1.807) is 12.1 Å². The van der Waals surface area contributed by atoms with Crippen LogP contribution in [0.1, 0.15) is 30.9 Å². The van der Waals surface area contributed by atoms with E-state index in [-0.39, 0.29) is 0 Å². The van der Waals surface area contributed by atoms with Crippen LogP contribution in [0, 0.1) is 0 Å². The summed E-state index contributed by atoms with van der Waals surface area (Å²) in [5.41, 5.74) is 1.86. The fraction of sp³-hybridized carbons (Fsp3) is 0.350.